The van der Waals surface area contributed by atoms with E-state index in [9.17, 15) is 4.79 Å². The fourth-order valence-electron chi connectivity index (χ4n) is 4.28. The van der Waals surface area contributed by atoms with E-state index in [1.165, 1.54) is 89.9 Å². The van der Waals surface area contributed by atoms with E-state index in [2.05, 4.69) is 13.8 Å². The summed E-state index contributed by atoms with van der Waals surface area (Å²) >= 11 is 0. The zero-order valence-corrected chi connectivity index (χ0v) is 25.3. The molecule has 0 aromatic carbocycles. The molecule has 0 bridgehead atoms. The normalized spacial score (nSPS) is 12.9. The maximum Gasteiger partial charge on any atom is 0.311 e. The molecule has 0 N–H and O–H groups in total. The number of unbranched alkanes of at least 4 members (excludes halogenated alkanes) is 15. The Morgan fingerprint density at radius 1 is 0.583 bits per heavy atom. The first-order valence-corrected chi connectivity index (χ1v) is 15.8. The summed E-state index contributed by atoms with van der Waals surface area (Å²) in [5, 5.41) is 0. The van der Waals surface area contributed by atoms with Crippen molar-refractivity contribution in [3.8, 4) is 0 Å². The number of esters is 1. The second-order valence-electron chi connectivity index (χ2n) is 11.9. The van der Waals surface area contributed by atoms with Crippen molar-refractivity contribution in [3.05, 3.63) is 0 Å². The molecule has 1 atom stereocenters. The summed E-state index contributed by atoms with van der Waals surface area (Å²) in [5.41, 5.74) is -0.423. The van der Waals surface area contributed by atoms with Crippen LogP contribution >= 0.6 is 0 Å². The highest BCUT2D eigenvalue weighted by Crippen LogP contribution is 2.19. The molecule has 0 aliphatic heterocycles. The van der Waals surface area contributed by atoms with Crippen LogP contribution in [-0.4, -0.2) is 31.6 Å². The molecule has 36 heavy (non-hydrogen) atoms. The predicted molar refractivity (Wildman–Crippen MR) is 154 cm³/mol. The van der Waals surface area contributed by atoms with Gasteiger partial charge in [0.2, 0.25) is 0 Å². The zero-order chi connectivity index (χ0) is 26.9. The van der Waals surface area contributed by atoms with E-state index >= 15 is 0 Å². The zero-order valence-electron chi connectivity index (χ0n) is 25.3. The molecule has 1 unspecified atom stereocenters. The fraction of sp³-hybridized carbons (Fsp3) is 0.969. The Kier molecular flexibility index (Phi) is 24.3. The predicted octanol–water partition coefficient (Wildman–Crippen LogP) is 10.2. The van der Waals surface area contributed by atoms with Crippen LogP contribution in [0.3, 0.4) is 0 Å². The van der Waals surface area contributed by atoms with Gasteiger partial charge in [0, 0.05) is 13.2 Å². The molecule has 0 saturated heterocycles. The third-order valence-electron chi connectivity index (χ3n) is 6.82. The Hall–Kier alpha value is -0.610. The van der Waals surface area contributed by atoms with Crippen LogP contribution in [0.15, 0.2) is 0 Å². The SMILES string of the molecule is CCCCCCCCCOC(CCCCCCC(C)OC(=O)C(C)(C)C)OCCCCCCCCC. The van der Waals surface area contributed by atoms with Crippen molar-refractivity contribution in [1.82, 2.24) is 0 Å². The lowest BCUT2D eigenvalue weighted by molar-refractivity contribution is -0.158. The van der Waals surface area contributed by atoms with Crippen molar-refractivity contribution in [3.63, 3.8) is 0 Å². The second kappa shape index (κ2) is 24.7. The number of carbonyl (C=O) groups excluding carboxylic acids is 1. The lowest BCUT2D eigenvalue weighted by Crippen LogP contribution is -2.26. The largest absolute Gasteiger partial charge is 0.462 e. The lowest BCUT2D eigenvalue weighted by atomic mass is 9.97. The van der Waals surface area contributed by atoms with E-state index in [0.29, 0.717) is 0 Å². The van der Waals surface area contributed by atoms with Crippen LogP contribution in [0.2, 0.25) is 0 Å². The number of hydrogen-bond acceptors (Lipinski definition) is 4. The van der Waals surface area contributed by atoms with Crippen LogP contribution in [0.25, 0.3) is 0 Å². The number of carbonyl (C=O) groups is 1. The van der Waals surface area contributed by atoms with Gasteiger partial charge >= 0.3 is 5.97 Å². The molecule has 0 heterocycles. The molecule has 0 spiro atoms. The van der Waals surface area contributed by atoms with Crippen LogP contribution in [0, 0.1) is 5.41 Å². The third-order valence-corrected chi connectivity index (χ3v) is 6.82. The molecule has 0 saturated carbocycles. The Bertz CT molecular complexity index is 451. The molecule has 0 rings (SSSR count). The summed E-state index contributed by atoms with van der Waals surface area (Å²) in [5.74, 6) is -0.103. The highest BCUT2D eigenvalue weighted by molar-refractivity contribution is 5.75. The third kappa shape index (κ3) is 23.8. The minimum Gasteiger partial charge on any atom is -0.462 e. The van der Waals surface area contributed by atoms with Crippen molar-refractivity contribution < 1.29 is 19.0 Å². The monoisotopic (exact) mass is 512 g/mol. The quantitative estimate of drug-likeness (QED) is 0.0657. The standard InChI is InChI=1S/C32H64O4/c1-7-9-11-13-15-19-23-27-34-30(35-28-24-20-16-14-12-10-8-2)26-22-18-17-21-25-29(3)36-31(33)32(4,5)6/h29-30H,7-28H2,1-6H3. The molecule has 0 aliphatic rings. The van der Waals surface area contributed by atoms with E-state index in [1.807, 2.05) is 27.7 Å². The Morgan fingerprint density at radius 2 is 0.972 bits per heavy atom. The van der Waals surface area contributed by atoms with Crippen molar-refractivity contribution in [2.75, 3.05) is 13.2 Å². The minimum atomic E-state index is -0.423. The van der Waals surface area contributed by atoms with Crippen LogP contribution in [0.5, 0.6) is 0 Å². The average Bonchev–Trinajstić information content (AvgIpc) is 2.83. The summed E-state index contributed by atoms with van der Waals surface area (Å²) in [4.78, 5) is 12.0. The van der Waals surface area contributed by atoms with Gasteiger partial charge in [-0.15, -0.1) is 0 Å². The smallest absolute Gasteiger partial charge is 0.311 e. The van der Waals surface area contributed by atoms with E-state index in [0.717, 1.165) is 51.7 Å². The molecule has 0 radical (unpaired) electrons. The average molecular weight is 513 g/mol. The molecule has 0 aromatic heterocycles. The highest BCUT2D eigenvalue weighted by atomic mass is 16.7. The molecule has 0 fully saturated rings. The van der Waals surface area contributed by atoms with Gasteiger partial charge in [0.25, 0.3) is 0 Å². The van der Waals surface area contributed by atoms with E-state index in [-0.39, 0.29) is 18.4 Å². The van der Waals surface area contributed by atoms with Gasteiger partial charge in [0.15, 0.2) is 6.29 Å². The summed E-state index contributed by atoms with van der Waals surface area (Å²) < 4.78 is 17.9. The van der Waals surface area contributed by atoms with Crippen LogP contribution in [-0.2, 0) is 19.0 Å². The molecular formula is C32H64O4. The fourth-order valence-corrected chi connectivity index (χ4v) is 4.28. The van der Waals surface area contributed by atoms with Crippen molar-refractivity contribution in [2.24, 2.45) is 5.41 Å². The Morgan fingerprint density at radius 3 is 1.42 bits per heavy atom. The lowest BCUT2D eigenvalue weighted by Gasteiger charge is -2.21. The van der Waals surface area contributed by atoms with Crippen LogP contribution in [0.4, 0.5) is 0 Å². The minimum absolute atomic E-state index is 0.0000789. The topological polar surface area (TPSA) is 44.8 Å². The summed E-state index contributed by atoms with van der Waals surface area (Å²) in [6.07, 6.45) is 24.8. The Balaban J connectivity index is 4.06. The van der Waals surface area contributed by atoms with Crippen molar-refractivity contribution in [1.29, 1.82) is 0 Å². The van der Waals surface area contributed by atoms with E-state index in [4.69, 9.17) is 14.2 Å². The van der Waals surface area contributed by atoms with Gasteiger partial charge < -0.3 is 14.2 Å². The van der Waals surface area contributed by atoms with Gasteiger partial charge in [-0.2, -0.15) is 0 Å². The second-order valence-corrected chi connectivity index (χ2v) is 11.9. The van der Waals surface area contributed by atoms with Crippen LogP contribution < -0.4 is 0 Å². The first kappa shape index (κ1) is 35.4. The number of rotatable bonds is 26. The number of hydrogen-bond donors (Lipinski definition) is 0. The van der Waals surface area contributed by atoms with Crippen molar-refractivity contribution in [2.45, 2.75) is 182 Å². The maximum absolute atomic E-state index is 12.0. The first-order valence-electron chi connectivity index (χ1n) is 15.8. The van der Waals surface area contributed by atoms with Gasteiger partial charge in [0.05, 0.1) is 11.5 Å². The molecule has 216 valence electrons. The van der Waals surface area contributed by atoms with Gasteiger partial charge in [-0.05, 0) is 66.2 Å². The van der Waals surface area contributed by atoms with E-state index < -0.39 is 5.41 Å². The molecule has 0 amide bonds. The van der Waals surface area contributed by atoms with Gasteiger partial charge in [-0.25, -0.2) is 0 Å². The van der Waals surface area contributed by atoms with Gasteiger partial charge in [0.1, 0.15) is 0 Å². The molecule has 0 aliphatic carbocycles. The Labute approximate surface area is 226 Å². The summed E-state index contributed by atoms with van der Waals surface area (Å²) in [7, 11) is 0. The first-order chi connectivity index (χ1) is 17.3. The summed E-state index contributed by atoms with van der Waals surface area (Å²) in [6.45, 7) is 13.9. The van der Waals surface area contributed by atoms with Gasteiger partial charge in [-0.3, -0.25) is 4.79 Å². The molecule has 4 heteroatoms. The maximum atomic E-state index is 12.0. The number of ether oxygens (including phenoxy) is 3. The molecule has 0 aromatic rings. The van der Waals surface area contributed by atoms with E-state index in [1.54, 1.807) is 0 Å². The van der Waals surface area contributed by atoms with Gasteiger partial charge in [-0.1, -0.05) is 104 Å². The summed E-state index contributed by atoms with van der Waals surface area (Å²) in [6, 6.07) is 0. The van der Waals surface area contributed by atoms with Crippen molar-refractivity contribution >= 4 is 5.97 Å². The van der Waals surface area contributed by atoms with Crippen LogP contribution in [0.1, 0.15) is 170 Å². The molecule has 4 nitrogen and oxygen atoms in total. The molecular weight excluding hydrogens is 448 g/mol. The highest BCUT2D eigenvalue weighted by Gasteiger charge is 2.24.